The molecule has 0 bridgehead atoms. The van der Waals surface area contributed by atoms with E-state index in [1.54, 1.807) is 6.07 Å². The van der Waals surface area contributed by atoms with Gasteiger partial charge in [0.1, 0.15) is 23.0 Å². The first-order valence-electron chi connectivity index (χ1n) is 13.4. The number of fused-ring (bicyclic) bond motifs is 1. The highest BCUT2D eigenvalue weighted by atomic mass is 16.5. The van der Waals surface area contributed by atoms with E-state index in [2.05, 4.69) is 43.0 Å². The third-order valence-electron chi connectivity index (χ3n) is 6.02. The van der Waals surface area contributed by atoms with Crippen LogP contribution < -0.4 is 20.7 Å². The number of hydrogen-bond acceptors (Lipinski definition) is 7. The van der Waals surface area contributed by atoms with Crippen molar-refractivity contribution >= 4 is 29.0 Å². The first kappa shape index (κ1) is 29.0. The molecule has 41 heavy (non-hydrogen) atoms. The topological polar surface area (TPSA) is 121 Å². The van der Waals surface area contributed by atoms with Crippen molar-refractivity contribution in [2.75, 3.05) is 32.0 Å². The van der Waals surface area contributed by atoms with Crippen LogP contribution in [0.15, 0.2) is 91.0 Å². The average Bonchev–Trinajstić information content (AvgIpc) is 3.44. The number of ether oxygens (including phenoxy) is 1. The smallest absolute Gasteiger partial charge is 0.216 e. The van der Waals surface area contributed by atoms with Gasteiger partial charge in [0.05, 0.1) is 11.1 Å². The summed E-state index contributed by atoms with van der Waals surface area (Å²) in [5, 5.41) is 9.78. The van der Waals surface area contributed by atoms with E-state index < -0.39 is 0 Å². The van der Waals surface area contributed by atoms with Crippen LogP contribution in [0.2, 0.25) is 0 Å². The zero-order valence-electron chi connectivity index (χ0n) is 23.2. The number of carbonyl (C=O) groups excluding carboxylic acids is 2. The zero-order chi connectivity index (χ0) is 28.9. The molecule has 0 spiro atoms. The van der Waals surface area contributed by atoms with Crippen LogP contribution in [0.5, 0.6) is 11.5 Å². The molecule has 9 nitrogen and oxygen atoms in total. The van der Waals surface area contributed by atoms with Gasteiger partial charge in [-0.2, -0.15) is 0 Å². The molecule has 0 radical (unpaired) electrons. The number of hydrogen-bond donors (Lipinski definition) is 4. The highest BCUT2D eigenvalue weighted by molar-refractivity contribution is 5.93. The van der Waals surface area contributed by atoms with Crippen LogP contribution in [-0.4, -0.2) is 53.8 Å². The Kier molecular flexibility index (Phi) is 10.6. The summed E-state index contributed by atoms with van der Waals surface area (Å²) in [5.41, 5.74) is 3.23. The van der Waals surface area contributed by atoms with Gasteiger partial charge >= 0.3 is 0 Å². The Morgan fingerprint density at radius 2 is 1.56 bits per heavy atom. The number of anilines is 1. The zero-order valence-corrected chi connectivity index (χ0v) is 23.2. The number of nitrogens with one attached hydrogen (secondary N) is 4. The molecule has 0 fully saturated rings. The lowest BCUT2D eigenvalue weighted by atomic mass is 10.1. The van der Waals surface area contributed by atoms with E-state index in [1.807, 2.05) is 79.8 Å². The van der Waals surface area contributed by atoms with Gasteiger partial charge in [-0.15, -0.1) is 0 Å². The Labute approximate surface area is 239 Å². The number of benzene rings is 3. The van der Waals surface area contributed by atoms with Gasteiger partial charge in [0, 0.05) is 25.6 Å². The third kappa shape index (κ3) is 8.74. The molecule has 3 aromatic carbocycles. The molecule has 0 unspecified atom stereocenters. The van der Waals surface area contributed by atoms with E-state index in [1.165, 1.54) is 12.5 Å². The quantitative estimate of drug-likeness (QED) is 0.131. The van der Waals surface area contributed by atoms with Gasteiger partial charge < -0.3 is 25.7 Å². The SMILES string of the molecule is CC(=O)NCCNc1nc(-c2ccccc2)nc2[nH]c(C=O)cc12.CNCCc1ccc(Oc2ccccc2)cc1. The molecule has 0 saturated heterocycles. The minimum atomic E-state index is -0.0838. The number of aromatic amines is 1. The number of nitrogens with zero attached hydrogens (tertiary/aromatic N) is 2. The van der Waals surface area contributed by atoms with E-state index in [0.29, 0.717) is 36.1 Å². The van der Waals surface area contributed by atoms with Crippen molar-refractivity contribution in [3.8, 4) is 22.9 Å². The molecular weight excluding hydrogens is 516 g/mol. The maximum Gasteiger partial charge on any atom is 0.216 e. The average molecular weight is 551 g/mol. The van der Waals surface area contributed by atoms with Gasteiger partial charge in [0.2, 0.25) is 5.91 Å². The molecule has 0 atom stereocenters. The largest absolute Gasteiger partial charge is 0.457 e. The van der Waals surface area contributed by atoms with Crippen molar-refractivity contribution in [1.29, 1.82) is 0 Å². The summed E-state index contributed by atoms with van der Waals surface area (Å²) in [7, 11) is 1.97. The summed E-state index contributed by atoms with van der Waals surface area (Å²) in [6.45, 7) is 3.46. The molecule has 0 aliphatic carbocycles. The number of amides is 1. The summed E-state index contributed by atoms with van der Waals surface area (Å²) in [6.07, 6.45) is 1.78. The predicted octanol–water partition coefficient (Wildman–Crippen LogP) is 5.23. The van der Waals surface area contributed by atoms with Crippen molar-refractivity contribution in [3.63, 3.8) is 0 Å². The third-order valence-corrected chi connectivity index (χ3v) is 6.02. The van der Waals surface area contributed by atoms with Crippen molar-refractivity contribution < 1.29 is 14.3 Å². The molecule has 9 heteroatoms. The maximum absolute atomic E-state index is 11.0. The number of para-hydroxylation sites is 1. The minimum Gasteiger partial charge on any atom is -0.457 e. The molecule has 1 amide bonds. The number of aromatic nitrogens is 3. The number of H-pyrrole nitrogens is 1. The Hall–Kier alpha value is -5.02. The fraction of sp³-hybridized carbons (Fsp3) is 0.188. The fourth-order valence-corrected chi connectivity index (χ4v) is 3.98. The Bertz CT molecular complexity index is 1540. The van der Waals surface area contributed by atoms with Crippen LogP contribution in [0.3, 0.4) is 0 Å². The van der Waals surface area contributed by atoms with Gasteiger partial charge in [-0.25, -0.2) is 9.97 Å². The molecule has 4 N–H and O–H groups in total. The molecule has 0 aliphatic rings. The van der Waals surface area contributed by atoms with Crippen LogP contribution in [0.1, 0.15) is 23.0 Å². The van der Waals surface area contributed by atoms with Crippen LogP contribution >= 0.6 is 0 Å². The molecule has 2 aromatic heterocycles. The predicted molar refractivity (Wildman–Crippen MR) is 162 cm³/mol. The van der Waals surface area contributed by atoms with Gasteiger partial charge in [-0.05, 0) is 55.9 Å². The molecule has 2 heterocycles. The Morgan fingerprint density at radius 3 is 2.22 bits per heavy atom. The van der Waals surface area contributed by atoms with E-state index in [9.17, 15) is 9.59 Å². The summed E-state index contributed by atoms with van der Waals surface area (Å²) in [5.74, 6) is 2.84. The Balaban J connectivity index is 0.000000201. The highest BCUT2D eigenvalue weighted by Crippen LogP contribution is 2.25. The number of aldehydes is 1. The Morgan fingerprint density at radius 1 is 0.878 bits per heavy atom. The maximum atomic E-state index is 11.0. The van der Waals surface area contributed by atoms with Gasteiger partial charge in [0.25, 0.3) is 0 Å². The minimum absolute atomic E-state index is 0.0838. The second-order valence-corrected chi connectivity index (χ2v) is 9.19. The normalized spacial score (nSPS) is 10.4. The van der Waals surface area contributed by atoms with Crippen molar-refractivity contribution in [2.24, 2.45) is 0 Å². The van der Waals surface area contributed by atoms with Crippen LogP contribution in [0.25, 0.3) is 22.4 Å². The summed E-state index contributed by atoms with van der Waals surface area (Å²) in [4.78, 5) is 34.0. The summed E-state index contributed by atoms with van der Waals surface area (Å²) in [6, 6.07) is 29.4. The van der Waals surface area contributed by atoms with Crippen LogP contribution in [0.4, 0.5) is 5.82 Å². The highest BCUT2D eigenvalue weighted by Gasteiger charge is 2.12. The number of likely N-dealkylation sites (N-methyl/N-ethyl adjacent to an activating group) is 1. The van der Waals surface area contributed by atoms with Crippen molar-refractivity contribution in [1.82, 2.24) is 25.6 Å². The summed E-state index contributed by atoms with van der Waals surface area (Å²) < 4.78 is 5.72. The van der Waals surface area contributed by atoms with E-state index in [4.69, 9.17) is 4.74 Å². The second kappa shape index (κ2) is 14.9. The summed E-state index contributed by atoms with van der Waals surface area (Å²) >= 11 is 0. The van der Waals surface area contributed by atoms with E-state index >= 15 is 0 Å². The number of carbonyl (C=O) groups is 2. The molecule has 210 valence electrons. The molecule has 5 rings (SSSR count). The standard InChI is InChI=1S/C17H17N5O2.C15H17NO/c1-11(24)18-7-8-19-16-14-9-13(10-23)20-17(14)22-15(21-16)12-5-3-2-4-6-12;1-16-12-11-13-7-9-15(10-8-13)17-14-5-3-2-4-6-14/h2-6,9-10H,7-8H2,1H3,(H,18,24)(H2,19,20,21,22);2-10,16H,11-12H2,1H3. The van der Waals surface area contributed by atoms with Gasteiger partial charge in [-0.1, -0.05) is 60.7 Å². The van der Waals surface area contributed by atoms with Crippen LogP contribution in [-0.2, 0) is 11.2 Å². The van der Waals surface area contributed by atoms with Crippen molar-refractivity contribution in [3.05, 3.63) is 102 Å². The lowest BCUT2D eigenvalue weighted by Crippen LogP contribution is -2.26. The molecule has 0 saturated carbocycles. The van der Waals surface area contributed by atoms with Crippen molar-refractivity contribution in [2.45, 2.75) is 13.3 Å². The lowest BCUT2D eigenvalue weighted by molar-refractivity contribution is -0.118. The van der Waals surface area contributed by atoms with Gasteiger partial charge in [-0.3, -0.25) is 9.59 Å². The molecular formula is C32H34N6O3. The second-order valence-electron chi connectivity index (χ2n) is 9.19. The monoisotopic (exact) mass is 550 g/mol. The molecule has 5 aromatic rings. The first-order valence-corrected chi connectivity index (χ1v) is 13.4. The van der Waals surface area contributed by atoms with Crippen LogP contribution in [0, 0.1) is 0 Å². The van der Waals surface area contributed by atoms with Gasteiger partial charge in [0.15, 0.2) is 12.1 Å². The first-order chi connectivity index (χ1) is 20.1. The van der Waals surface area contributed by atoms with E-state index in [-0.39, 0.29) is 5.91 Å². The lowest BCUT2D eigenvalue weighted by Gasteiger charge is -2.09. The van der Waals surface area contributed by atoms with E-state index in [0.717, 1.165) is 41.7 Å². The number of rotatable bonds is 11. The fourth-order valence-electron chi connectivity index (χ4n) is 3.98. The molecule has 0 aliphatic heterocycles.